The topological polar surface area (TPSA) is 12.9 Å². The molecule has 0 aliphatic carbocycles. The maximum absolute atomic E-state index is 4.11. The number of thioether (sulfide) groups is 1. The maximum atomic E-state index is 4.11. The summed E-state index contributed by atoms with van der Waals surface area (Å²) in [5.74, 6) is 1.10. The van der Waals surface area contributed by atoms with E-state index in [4.69, 9.17) is 0 Å². The molecule has 0 bridgehead atoms. The van der Waals surface area contributed by atoms with Crippen molar-refractivity contribution >= 4 is 39.0 Å². The van der Waals surface area contributed by atoms with Crippen molar-refractivity contribution in [3.05, 3.63) is 11.6 Å². The van der Waals surface area contributed by atoms with Crippen molar-refractivity contribution in [1.82, 2.24) is 4.98 Å². The highest BCUT2D eigenvalue weighted by atomic mass is 79.9. The zero-order valence-electron chi connectivity index (χ0n) is 4.71. The molecule has 1 aromatic heterocycles. The molecule has 0 unspecified atom stereocenters. The molecule has 0 saturated carbocycles. The lowest BCUT2D eigenvalue weighted by molar-refractivity contribution is 1.25. The van der Waals surface area contributed by atoms with Crippen LogP contribution in [0.5, 0.6) is 0 Å². The van der Waals surface area contributed by atoms with Gasteiger partial charge in [0.1, 0.15) is 4.34 Å². The van der Waals surface area contributed by atoms with Crippen LogP contribution >= 0.6 is 39.0 Å². The van der Waals surface area contributed by atoms with Crippen molar-refractivity contribution in [2.45, 2.75) is 4.34 Å². The fourth-order valence-electron chi connectivity index (χ4n) is 0.408. The van der Waals surface area contributed by atoms with Crippen molar-refractivity contribution in [1.29, 1.82) is 0 Å². The molecule has 0 spiro atoms. The minimum atomic E-state index is 1.04. The van der Waals surface area contributed by atoms with Crippen LogP contribution in [0.3, 0.4) is 0 Å². The first kappa shape index (κ1) is 7.57. The van der Waals surface area contributed by atoms with Crippen LogP contribution in [0.15, 0.2) is 15.9 Å². The van der Waals surface area contributed by atoms with E-state index >= 15 is 0 Å². The van der Waals surface area contributed by atoms with Crippen molar-refractivity contribution in [2.24, 2.45) is 0 Å². The predicted octanol–water partition coefficient (Wildman–Crippen LogP) is 2.63. The molecule has 0 N–H and O–H groups in total. The monoisotopic (exact) mass is 223 g/mol. The normalized spacial score (nSPS) is 9.89. The Morgan fingerprint density at radius 1 is 1.78 bits per heavy atom. The average Bonchev–Trinajstić information content (AvgIpc) is 2.34. The van der Waals surface area contributed by atoms with Gasteiger partial charge in [0.15, 0.2) is 0 Å². The first-order valence-corrected chi connectivity index (χ1v) is 5.50. The van der Waals surface area contributed by atoms with Crippen LogP contribution in [-0.2, 0) is 0 Å². The molecule has 0 atom stereocenters. The average molecular weight is 224 g/mol. The summed E-state index contributed by atoms with van der Waals surface area (Å²) in [6.07, 6.45) is 1.83. The van der Waals surface area contributed by atoms with Crippen LogP contribution in [0.25, 0.3) is 0 Å². The van der Waals surface area contributed by atoms with Gasteiger partial charge in [0.25, 0.3) is 0 Å². The highest BCUT2D eigenvalue weighted by Crippen LogP contribution is 2.19. The minimum Gasteiger partial charge on any atom is -0.238 e. The minimum absolute atomic E-state index is 1.04. The summed E-state index contributed by atoms with van der Waals surface area (Å²) in [7, 11) is 0. The molecule has 0 radical (unpaired) electrons. The number of nitrogens with zero attached hydrogens (tertiary/aromatic N) is 1. The van der Waals surface area contributed by atoms with Crippen LogP contribution < -0.4 is 0 Å². The third-order valence-electron chi connectivity index (χ3n) is 0.712. The first-order valence-electron chi connectivity index (χ1n) is 2.52. The van der Waals surface area contributed by atoms with E-state index in [0.29, 0.717) is 0 Å². The maximum Gasteiger partial charge on any atom is 0.149 e. The number of hydrogen-bond donors (Lipinski definition) is 0. The van der Waals surface area contributed by atoms with E-state index in [1.54, 1.807) is 23.1 Å². The number of aromatic nitrogens is 1. The first-order chi connectivity index (χ1) is 4.43. The number of halogens is 1. The molecule has 50 valence electrons. The molecule has 1 rings (SSSR count). The molecular weight excluding hydrogens is 218 g/mol. The Kier molecular flexibility index (Phi) is 3.62. The largest absolute Gasteiger partial charge is 0.238 e. The SMILES string of the molecule is BrCCSc1nccs1. The fourth-order valence-corrected chi connectivity index (χ4v) is 2.33. The number of hydrogen-bond acceptors (Lipinski definition) is 3. The van der Waals surface area contributed by atoms with E-state index in [-0.39, 0.29) is 0 Å². The van der Waals surface area contributed by atoms with Crippen molar-refractivity contribution in [2.75, 3.05) is 11.1 Å². The molecule has 0 fully saturated rings. The molecule has 0 aromatic carbocycles. The zero-order chi connectivity index (χ0) is 6.53. The van der Waals surface area contributed by atoms with Gasteiger partial charge in [0.2, 0.25) is 0 Å². The molecule has 4 heteroatoms. The fraction of sp³-hybridized carbons (Fsp3) is 0.400. The number of rotatable bonds is 3. The summed E-state index contributed by atoms with van der Waals surface area (Å²) < 4.78 is 1.16. The number of alkyl halides is 1. The van der Waals surface area contributed by atoms with Crippen LogP contribution in [0.1, 0.15) is 0 Å². The van der Waals surface area contributed by atoms with E-state index in [9.17, 15) is 0 Å². The highest BCUT2D eigenvalue weighted by molar-refractivity contribution is 9.09. The Hall–Kier alpha value is 0.460. The summed E-state index contributed by atoms with van der Waals surface area (Å²) in [4.78, 5) is 4.11. The van der Waals surface area contributed by atoms with E-state index in [1.807, 2.05) is 11.6 Å². The molecule has 1 nitrogen and oxygen atoms in total. The van der Waals surface area contributed by atoms with E-state index in [1.165, 1.54) is 0 Å². The molecule has 1 heterocycles. The smallest absolute Gasteiger partial charge is 0.149 e. The Morgan fingerprint density at radius 3 is 3.22 bits per heavy atom. The van der Waals surface area contributed by atoms with Gasteiger partial charge in [-0.15, -0.1) is 11.3 Å². The second-order valence-electron chi connectivity index (χ2n) is 1.34. The third-order valence-corrected chi connectivity index (χ3v) is 3.60. The summed E-state index contributed by atoms with van der Waals surface area (Å²) >= 11 is 6.83. The lowest BCUT2D eigenvalue weighted by Crippen LogP contribution is -1.75. The van der Waals surface area contributed by atoms with Gasteiger partial charge in [-0.05, 0) is 0 Å². The van der Waals surface area contributed by atoms with Gasteiger partial charge in [0, 0.05) is 22.7 Å². The highest BCUT2D eigenvalue weighted by Gasteiger charge is 1.92. The molecular formula is C5H6BrNS2. The summed E-state index contributed by atoms with van der Waals surface area (Å²) in [5, 5.41) is 3.04. The van der Waals surface area contributed by atoms with Gasteiger partial charge < -0.3 is 0 Å². The Balaban J connectivity index is 2.30. The summed E-state index contributed by atoms with van der Waals surface area (Å²) in [5.41, 5.74) is 0. The van der Waals surface area contributed by atoms with Crippen LogP contribution in [0.2, 0.25) is 0 Å². The van der Waals surface area contributed by atoms with Crippen LogP contribution in [0.4, 0.5) is 0 Å². The van der Waals surface area contributed by atoms with Crippen LogP contribution in [0, 0.1) is 0 Å². The lowest BCUT2D eigenvalue weighted by atomic mass is 11.0. The zero-order valence-corrected chi connectivity index (χ0v) is 7.93. The van der Waals surface area contributed by atoms with Gasteiger partial charge in [-0.2, -0.15) is 0 Å². The van der Waals surface area contributed by atoms with Gasteiger partial charge in [-0.1, -0.05) is 27.7 Å². The Bertz CT molecular complexity index is 152. The molecule has 9 heavy (non-hydrogen) atoms. The second-order valence-corrected chi connectivity index (χ2v) is 4.37. The molecule has 0 aliphatic rings. The van der Waals surface area contributed by atoms with Gasteiger partial charge >= 0.3 is 0 Å². The summed E-state index contributed by atoms with van der Waals surface area (Å²) in [6.45, 7) is 0. The van der Waals surface area contributed by atoms with E-state index in [2.05, 4.69) is 20.9 Å². The third kappa shape index (κ3) is 2.69. The number of thiazole rings is 1. The van der Waals surface area contributed by atoms with Gasteiger partial charge in [0.05, 0.1) is 0 Å². The van der Waals surface area contributed by atoms with Gasteiger partial charge in [-0.25, -0.2) is 4.98 Å². The summed E-state index contributed by atoms with van der Waals surface area (Å²) in [6, 6.07) is 0. The van der Waals surface area contributed by atoms with Gasteiger partial charge in [-0.3, -0.25) is 0 Å². The van der Waals surface area contributed by atoms with E-state index < -0.39 is 0 Å². The second kappa shape index (κ2) is 4.30. The quantitative estimate of drug-likeness (QED) is 0.578. The predicted molar refractivity (Wildman–Crippen MR) is 46.6 cm³/mol. The molecule has 0 aliphatic heterocycles. The van der Waals surface area contributed by atoms with Crippen LogP contribution in [-0.4, -0.2) is 16.1 Å². The standard InChI is InChI=1S/C5H6BrNS2/c6-1-3-8-5-7-2-4-9-5/h2,4H,1,3H2. The molecule has 0 amide bonds. The Labute approximate surface area is 71.0 Å². The van der Waals surface area contributed by atoms with E-state index in [0.717, 1.165) is 15.4 Å². The lowest BCUT2D eigenvalue weighted by Gasteiger charge is -1.88. The molecule has 0 saturated heterocycles. The molecule has 1 aromatic rings. The van der Waals surface area contributed by atoms with Crippen molar-refractivity contribution in [3.8, 4) is 0 Å². The van der Waals surface area contributed by atoms with Crippen molar-refractivity contribution < 1.29 is 0 Å². The van der Waals surface area contributed by atoms with Crippen molar-refractivity contribution in [3.63, 3.8) is 0 Å². The Morgan fingerprint density at radius 2 is 2.67 bits per heavy atom.